The Labute approximate surface area is 212 Å². The predicted octanol–water partition coefficient (Wildman–Crippen LogP) is 5.94. The first-order valence-electron chi connectivity index (χ1n) is 13.3. The van der Waals surface area contributed by atoms with Crippen molar-refractivity contribution in [1.29, 1.82) is 0 Å². The number of nitrogens with zero attached hydrogens (tertiary/aromatic N) is 1. The number of para-hydroxylation sites is 1. The van der Waals surface area contributed by atoms with Gasteiger partial charge in [-0.25, -0.2) is 15.2 Å². The van der Waals surface area contributed by atoms with Gasteiger partial charge < -0.3 is 5.32 Å². The summed E-state index contributed by atoms with van der Waals surface area (Å²) in [5.74, 6) is 2.31. The second-order valence-electron chi connectivity index (χ2n) is 11.6. The van der Waals surface area contributed by atoms with E-state index in [4.69, 9.17) is 4.98 Å². The van der Waals surface area contributed by atoms with Gasteiger partial charge in [-0.1, -0.05) is 56.3 Å². The van der Waals surface area contributed by atoms with E-state index in [0.717, 1.165) is 59.2 Å². The lowest BCUT2D eigenvalue weighted by Gasteiger charge is -2.56. The summed E-state index contributed by atoms with van der Waals surface area (Å²) < 4.78 is 0. The standard InChI is InChI=1S/C30H34N4O2/c1-18(2)22-7-9-23(10-8-22)27-14-25(24-5-3-4-6-26(24)31-27)28(35)33-34-29(36)32-30-15-19-11-20(16-30)13-21(12-19)17-30/h3-10,14,18-21H,11-13,15-17H2,1-2H3,(H,33,35)(H2,32,34,36). The molecule has 4 aliphatic rings. The maximum atomic E-state index is 13.3. The van der Waals surface area contributed by atoms with Gasteiger partial charge in [0, 0.05) is 16.5 Å². The number of fused-ring (bicyclic) bond motifs is 1. The highest BCUT2D eigenvalue weighted by molar-refractivity contribution is 6.07. The molecular weight excluding hydrogens is 448 g/mol. The highest BCUT2D eigenvalue weighted by atomic mass is 16.2. The van der Waals surface area contributed by atoms with Gasteiger partial charge in [0.1, 0.15) is 0 Å². The van der Waals surface area contributed by atoms with E-state index in [1.807, 2.05) is 36.4 Å². The topological polar surface area (TPSA) is 83.1 Å². The smallest absolute Gasteiger partial charge is 0.331 e. The number of urea groups is 1. The fourth-order valence-electron chi connectivity index (χ4n) is 7.27. The van der Waals surface area contributed by atoms with E-state index in [0.29, 0.717) is 11.5 Å². The molecule has 4 saturated carbocycles. The van der Waals surface area contributed by atoms with Crippen molar-refractivity contribution in [3.63, 3.8) is 0 Å². The lowest BCUT2D eigenvalue weighted by atomic mass is 9.53. The van der Waals surface area contributed by atoms with E-state index in [1.165, 1.54) is 24.8 Å². The molecule has 3 aromatic rings. The van der Waals surface area contributed by atoms with Gasteiger partial charge in [-0.15, -0.1) is 0 Å². The number of benzene rings is 2. The van der Waals surface area contributed by atoms with Gasteiger partial charge in [0.2, 0.25) is 0 Å². The van der Waals surface area contributed by atoms with Crippen molar-refractivity contribution in [3.8, 4) is 11.3 Å². The molecule has 3 N–H and O–H groups in total. The van der Waals surface area contributed by atoms with Crippen molar-refractivity contribution in [2.75, 3.05) is 0 Å². The van der Waals surface area contributed by atoms with Gasteiger partial charge in [-0.3, -0.25) is 10.2 Å². The van der Waals surface area contributed by atoms with Crippen molar-refractivity contribution in [2.24, 2.45) is 17.8 Å². The molecule has 186 valence electrons. The highest BCUT2D eigenvalue weighted by Gasteiger charge is 2.51. The van der Waals surface area contributed by atoms with Crippen LogP contribution >= 0.6 is 0 Å². The molecule has 0 spiro atoms. The van der Waals surface area contributed by atoms with Crippen molar-refractivity contribution >= 4 is 22.8 Å². The van der Waals surface area contributed by atoms with Gasteiger partial charge in [0.15, 0.2) is 0 Å². The van der Waals surface area contributed by atoms with Crippen LogP contribution in [0.1, 0.15) is 74.2 Å². The fourth-order valence-corrected chi connectivity index (χ4v) is 7.27. The number of rotatable bonds is 4. The van der Waals surface area contributed by atoms with E-state index in [1.54, 1.807) is 6.07 Å². The van der Waals surface area contributed by atoms with Gasteiger partial charge in [0.25, 0.3) is 5.91 Å². The molecule has 0 radical (unpaired) electrons. The Morgan fingerprint density at radius 2 is 1.53 bits per heavy atom. The molecule has 0 atom stereocenters. The number of pyridine rings is 1. The van der Waals surface area contributed by atoms with E-state index >= 15 is 0 Å². The minimum Gasteiger partial charge on any atom is -0.331 e. The number of hydrazine groups is 1. The third-order valence-corrected chi connectivity index (χ3v) is 8.54. The number of aromatic nitrogens is 1. The van der Waals surface area contributed by atoms with Gasteiger partial charge in [-0.05, 0) is 79.9 Å². The van der Waals surface area contributed by atoms with Crippen molar-refractivity contribution in [3.05, 3.63) is 65.7 Å². The number of carbonyl (C=O) groups is 2. The minimum atomic E-state index is -0.352. The summed E-state index contributed by atoms with van der Waals surface area (Å²) in [6.07, 6.45) is 7.14. The van der Waals surface area contributed by atoms with E-state index < -0.39 is 0 Å². The Bertz CT molecular complexity index is 1280. The first-order valence-corrected chi connectivity index (χ1v) is 13.3. The second-order valence-corrected chi connectivity index (χ2v) is 11.6. The summed E-state index contributed by atoms with van der Waals surface area (Å²) in [5, 5.41) is 3.99. The van der Waals surface area contributed by atoms with Crippen molar-refractivity contribution < 1.29 is 9.59 Å². The zero-order valence-electron chi connectivity index (χ0n) is 21.0. The fraction of sp³-hybridized carbons (Fsp3) is 0.433. The maximum absolute atomic E-state index is 13.3. The lowest BCUT2D eigenvalue weighted by molar-refractivity contribution is -0.0137. The summed E-state index contributed by atoms with van der Waals surface area (Å²) in [6.45, 7) is 4.33. The molecule has 6 heteroatoms. The average molecular weight is 483 g/mol. The van der Waals surface area contributed by atoms with Crippen LogP contribution in [-0.4, -0.2) is 22.5 Å². The van der Waals surface area contributed by atoms with Crippen molar-refractivity contribution in [2.45, 2.75) is 63.8 Å². The molecule has 36 heavy (non-hydrogen) atoms. The van der Waals surface area contributed by atoms with Crippen LogP contribution in [-0.2, 0) is 0 Å². The van der Waals surface area contributed by atoms with Gasteiger partial charge >= 0.3 is 6.03 Å². The molecule has 0 unspecified atom stereocenters. The average Bonchev–Trinajstić information content (AvgIpc) is 2.85. The number of hydrogen-bond donors (Lipinski definition) is 3. The molecular formula is C30H34N4O2. The summed E-state index contributed by atoms with van der Waals surface area (Å²) in [5.41, 5.74) is 9.33. The van der Waals surface area contributed by atoms with Crippen LogP contribution in [0.2, 0.25) is 0 Å². The third-order valence-electron chi connectivity index (χ3n) is 8.54. The first kappa shape index (κ1) is 23.0. The zero-order chi connectivity index (χ0) is 24.9. The number of carbonyl (C=O) groups excluding carboxylic acids is 2. The van der Waals surface area contributed by atoms with Crippen LogP contribution in [0, 0.1) is 17.8 Å². The quantitative estimate of drug-likeness (QED) is 0.403. The van der Waals surface area contributed by atoms with Gasteiger partial charge in [0.05, 0.1) is 16.8 Å². The molecule has 0 aliphatic heterocycles. The largest absolute Gasteiger partial charge is 0.333 e. The maximum Gasteiger partial charge on any atom is 0.333 e. The molecule has 1 aromatic heterocycles. The van der Waals surface area contributed by atoms with E-state index in [-0.39, 0.29) is 17.5 Å². The Morgan fingerprint density at radius 1 is 0.889 bits per heavy atom. The second kappa shape index (κ2) is 8.91. The molecule has 4 aliphatic carbocycles. The zero-order valence-corrected chi connectivity index (χ0v) is 21.0. The molecule has 3 amide bonds. The summed E-state index contributed by atoms with van der Waals surface area (Å²) in [6, 6.07) is 17.4. The molecule has 4 bridgehead atoms. The molecule has 0 saturated heterocycles. The first-order chi connectivity index (χ1) is 17.4. The number of amides is 3. The third kappa shape index (κ3) is 4.34. The highest BCUT2D eigenvalue weighted by Crippen LogP contribution is 2.55. The molecule has 2 aromatic carbocycles. The molecule has 7 rings (SSSR count). The van der Waals surface area contributed by atoms with E-state index in [9.17, 15) is 9.59 Å². The Morgan fingerprint density at radius 3 is 2.17 bits per heavy atom. The van der Waals surface area contributed by atoms with Crippen LogP contribution in [0.4, 0.5) is 4.79 Å². The predicted molar refractivity (Wildman–Crippen MR) is 141 cm³/mol. The van der Waals surface area contributed by atoms with E-state index in [2.05, 4.69) is 42.1 Å². The monoisotopic (exact) mass is 482 g/mol. The Hall–Kier alpha value is -3.41. The number of hydrogen-bond acceptors (Lipinski definition) is 3. The Kier molecular flexibility index (Phi) is 5.70. The summed E-state index contributed by atoms with van der Waals surface area (Å²) in [4.78, 5) is 30.9. The molecule has 6 nitrogen and oxygen atoms in total. The SMILES string of the molecule is CC(C)c1ccc(-c2cc(C(=O)NNC(=O)NC34CC5CC(CC(C5)C3)C4)c3ccccc3n2)cc1. The normalized spacial score (nSPS) is 26.2. The summed E-state index contributed by atoms with van der Waals surface area (Å²) >= 11 is 0. The van der Waals surface area contributed by atoms with Crippen LogP contribution in [0.25, 0.3) is 22.2 Å². The van der Waals surface area contributed by atoms with Gasteiger partial charge in [-0.2, -0.15) is 0 Å². The summed E-state index contributed by atoms with van der Waals surface area (Å²) in [7, 11) is 0. The van der Waals surface area contributed by atoms with Crippen molar-refractivity contribution in [1.82, 2.24) is 21.2 Å². The number of nitrogens with one attached hydrogen (secondary N) is 3. The molecule has 4 fully saturated rings. The minimum absolute atomic E-state index is 0.109. The van der Waals surface area contributed by atoms with Crippen LogP contribution in [0.15, 0.2) is 54.6 Å². The van der Waals surface area contributed by atoms with Crippen LogP contribution in [0.5, 0.6) is 0 Å². The lowest BCUT2D eigenvalue weighted by Crippen LogP contribution is -2.62. The van der Waals surface area contributed by atoms with Crippen LogP contribution < -0.4 is 16.2 Å². The van der Waals surface area contributed by atoms with Crippen LogP contribution in [0.3, 0.4) is 0 Å². The molecule has 1 heterocycles. The Balaban J connectivity index is 1.19.